The Morgan fingerprint density at radius 1 is 1.28 bits per heavy atom. The molecule has 2 aromatic heterocycles. The van der Waals surface area contributed by atoms with Crippen molar-refractivity contribution in [1.82, 2.24) is 15.0 Å². The monoisotopic (exact) mass is 325 g/mol. The van der Waals surface area contributed by atoms with Crippen molar-refractivity contribution in [3.8, 4) is 11.5 Å². The smallest absolute Gasteiger partial charge is 0.179 e. The summed E-state index contributed by atoms with van der Waals surface area (Å²) < 4.78 is 0.927. The molecule has 0 aliphatic carbocycles. The molecule has 0 aromatic carbocycles. The van der Waals surface area contributed by atoms with Gasteiger partial charge >= 0.3 is 0 Å². The molecule has 0 amide bonds. The van der Waals surface area contributed by atoms with E-state index in [1.807, 2.05) is 18.2 Å². The summed E-state index contributed by atoms with van der Waals surface area (Å²) in [5.74, 6) is 1.10. The van der Waals surface area contributed by atoms with E-state index in [2.05, 4.69) is 44.7 Å². The van der Waals surface area contributed by atoms with Gasteiger partial charge in [0.15, 0.2) is 5.82 Å². The molecule has 0 radical (unpaired) electrons. The highest BCUT2D eigenvalue weighted by atomic mass is 79.9. The maximum atomic E-state index is 6.03. The van der Waals surface area contributed by atoms with Crippen LogP contribution in [0.15, 0.2) is 28.9 Å². The molecule has 0 N–H and O–H groups in total. The number of hydrogen-bond donors (Lipinski definition) is 0. The fourth-order valence-corrected chi connectivity index (χ4v) is 2.05. The Balaban J connectivity index is 2.38. The van der Waals surface area contributed by atoms with Crippen molar-refractivity contribution in [2.75, 3.05) is 0 Å². The molecule has 18 heavy (non-hydrogen) atoms. The molecule has 0 aliphatic heterocycles. The zero-order valence-electron chi connectivity index (χ0n) is 10.2. The molecule has 0 bridgehead atoms. The van der Waals surface area contributed by atoms with E-state index in [-0.39, 0.29) is 0 Å². The molecule has 94 valence electrons. The third-order valence-electron chi connectivity index (χ3n) is 2.32. The lowest BCUT2D eigenvalue weighted by Gasteiger charge is -2.07. The fourth-order valence-electron chi connectivity index (χ4n) is 1.61. The van der Waals surface area contributed by atoms with Gasteiger partial charge in [-0.05, 0) is 46.5 Å². The van der Waals surface area contributed by atoms with Crippen molar-refractivity contribution in [3.05, 3.63) is 39.7 Å². The first-order chi connectivity index (χ1) is 8.54. The summed E-state index contributed by atoms with van der Waals surface area (Å²) in [6.07, 6.45) is 2.60. The summed E-state index contributed by atoms with van der Waals surface area (Å²) in [7, 11) is 0. The lowest BCUT2D eigenvalue weighted by molar-refractivity contribution is 0.634. The second kappa shape index (κ2) is 5.76. The van der Waals surface area contributed by atoms with Gasteiger partial charge < -0.3 is 0 Å². The Bertz CT molecular complexity index is 540. The van der Waals surface area contributed by atoms with Gasteiger partial charge in [-0.25, -0.2) is 9.97 Å². The highest BCUT2D eigenvalue weighted by molar-refractivity contribution is 9.10. The second-order valence-corrected chi connectivity index (χ2v) is 5.77. The highest BCUT2D eigenvalue weighted by Gasteiger charge is 2.08. The van der Waals surface area contributed by atoms with Crippen molar-refractivity contribution in [2.24, 2.45) is 5.92 Å². The van der Waals surface area contributed by atoms with E-state index in [0.717, 1.165) is 22.3 Å². The Hall–Kier alpha value is -1.00. The molecular weight excluding hydrogens is 314 g/mol. The largest absolute Gasteiger partial charge is 0.252 e. The number of aromatic nitrogens is 3. The molecule has 0 unspecified atom stereocenters. The van der Waals surface area contributed by atoms with E-state index in [9.17, 15) is 0 Å². The number of hydrogen-bond acceptors (Lipinski definition) is 3. The second-order valence-electron chi connectivity index (χ2n) is 4.47. The first-order valence-electron chi connectivity index (χ1n) is 5.70. The van der Waals surface area contributed by atoms with Crippen LogP contribution in [0.25, 0.3) is 11.5 Å². The lowest BCUT2D eigenvalue weighted by Crippen LogP contribution is -2.01. The maximum absolute atomic E-state index is 6.03. The summed E-state index contributed by atoms with van der Waals surface area (Å²) >= 11 is 9.38. The summed E-state index contributed by atoms with van der Waals surface area (Å²) in [4.78, 5) is 13.0. The van der Waals surface area contributed by atoms with E-state index in [1.165, 1.54) is 0 Å². The van der Waals surface area contributed by atoms with Crippen LogP contribution in [-0.4, -0.2) is 15.0 Å². The van der Waals surface area contributed by atoms with Crippen molar-refractivity contribution in [1.29, 1.82) is 0 Å². The van der Waals surface area contributed by atoms with Gasteiger partial charge in [0, 0.05) is 16.4 Å². The molecule has 2 heterocycles. The fraction of sp³-hybridized carbons (Fsp3) is 0.308. The summed E-state index contributed by atoms with van der Waals surface area (Å²) in [5.41, 5.74) is 1.68. The Morgan fingerprint density at radius 2 is 2.06 bits per heavy atom. The quantitative estimate of drug-likeness (QED) is 0.795. The van der Waals surface area contributed by atoms with Crippen LogP contribution in [0.3, 0.4) is 0 Å². The van der Waals surface area contributed by atoms with E-state index >= 15 is 0 Å². The zero-order valence-corrected chi connectivity index (χ0v) is 12.5. The standard InChI is InChI=1S/C13H13BrClN3/c1-8(2)5-10-6-12(15)18-13(17-10)11-4-3-9(14)7-16-11/h3-4,6-8H,5H2,1-2H3. The summed E-state index contributed by atoms with van der Waals surface area (Å²) in [5, 5.41) is 0.459. The van der Waals surface area contributed by atoms with Gasteiger partial charge in [0.1, 0.15) is 10.8 Å². The third-order valence-corrected chi connectivity index (χ3v) is 2.98. The van der Waals surface area contributed by atoms with Crippen LogP contribution in [0.1, 0.15) is 19.5 Å². The number of rotatable bonds is 3. The van der Waals surface area contributed by atoms with Crippen molar-refractivity contribution in [3.63, 3.8) is 0 Å². The van der Waals surface area contributed by atoms with Crippen LogP contribution in [0.5, 0.6) is 0 Å². The highest BCUT2D eigenvalue weighted by Crippen LogP contribution is 2.19. The normalized spacial score (nSPS) is 10.9. The summed E-state index contributed by atoms with van der Waals surface area (Å²) in [6.45, 7) is 4.29. The zero-order chi connectivity index (χ0) is 13.1. The van der Waals surface area contributed by atoms with Crippen LogP contribution in [0.4, 0.5) is 0 Å². The van der Waals surface area contributed by atoms with Crippen LogP contribution < -0.4 is 0 Å². The van der Waals surface area contributed by atoms with Crippen LogP contribution in [0.2, 0.25) is 5.15 Å². The molecular formula is C13H13BrClN3. The molecule has 2 rings (SSSR count). The van der Waals surface area contributed by atoms with Gasteiger partial charge in [0.2, 0.25) is 0 Å². The van der Waals surface area contributed by atoms with Crippen molar-refractivity contribution in [2.45, 2.75) is 20.3 Å². The van der Waals surface area contributed by atoms with Crippen LogP contribution in [0, 0.1) is 5.92 Å². The van der Waals surface area contributed by atoms with Gasteiger partial charge in [0.25, 0.3) is 0 Å². The SMILES string of the molecule is CC(C)Cc1cc(Cl)nc(-c2ccc(Br)cn2)n1. The van der Waals surface area contributed by atoms with Gasteiger partial charge in [-0.15, -0.1) is 0 Å². The minimum Gasteiger partial charge on any atom is -0.252 e. The summed E-state index contributed by atoms with van der Waals surface area (Å²) in [6, 6.07) is 5.59. The molecule has 0 aliphatic rings. The number of pyridine rings is 1. The minimum absolute atomic E-state index is 0.459. The average Bonchev–Trinajstić information content (AvgIpc) is 2.28. The first kappa shape index (κ1) is 13.4. The molecule has 5 heteroatoms. The van der Waals surface area contributed by atoms with E-state index < -0.39 is 0 Å². The Labute approximate surface area is 120 Å². The number of nitrogens with zero attached hydrogens (tertiary/aromatic N) is 3. The van der Waals surface area contributed by atoms with Crippen molar-refractivity contribution >= 4 is 27.5 Å². The van der Waals surface area contributed by atoms with Gasteiger partial charge in [-0.3, -0.25) is 4.98 Å². The molecule has 2 aromatic rings. The first-order valence-corrected chi connectivity index (χ1v) is 6.87. The van der Waals surface area contributed by atoms with E-state index in [0.29, 0.717) is 16.9 Å². The van der Waals surface area contributed by atoms with Crippen LogP contribution in [-0.2, 0) is 6.42 Å². The third kappa shape index (κ3) is 3.50. The predicted octanol–water partition coefficient (Wildman–Crippen LogP) is 4.15. The van der Waals surface area contributed by atoms with Crippen molar-refractivity contribution < 1.29 is 0 Å². The molecule has 3 nitrogen and oxygen atoms in total. The van der Waals surface area contributed by atoms with Gasteiger partial charge in [-0.2, -0.15) is 0 Å². The topological polar surface area (TPSA) is 38.7 Å². The molecule has 0 saturated heterocycles. The van der Waals surface area contributed by atoms with Gasteiger partial charge in [-0.1, -0.05) is 25.4 Å². The molecule has 0 spiro atoms. The van der Waals surface area contributed by atoms with E-state index in [1.54, 1.807) is 6.20 Å². The maximum Gasteiger partial charge on any atom is 0.179 e. The van der Waals surface area contributed by atoms with E-state index in [4.69, 9.17) is 11.6 Å². The molecule has 0 saturated carbocycles. The Kier molecular flexibility index (Phi) is 4.30. The minimum atomic E-state index is 0.459. The number of halogens is 2. The Morgan fingerprint density at radius 3 is 2.67 bits per heavy atom. The molecule has 0 fully saturated rings. The lowest BCUT2D eigenvalue weighted by atomic mass is 10.1. The predicted molar refractivity (Wildman–Crippen MR) is 76.5 cm³/mol. The van der Waals surface area contributed by atoms with Crippen LogP contribution >= 0.6 is 27.5 Å². The van der Waals surface area contributed by atoms with Gasteiger partial charge in [0.05, 0.1) is 0 Å². The molecule has 0 atom stereocenters. The average molecular weight is 327 g/mol.